The SMILES string of the molecule is CC(C)CCOc1ccc(Br)cc1C(=O)Nc1ccccc1NC(=O)c1cc(Br)ccc1OCCC(C)C. The van der Waals surface area contributed by atoms with Gasteiger partial charge in [-0.05, 0) is 73.2 Å². The minimum atomic E-state index is -0.340. The lowest BCUT2D eigenvalue weighted by molar-refractivity contribution is 0.101. The first-order chi connectivity index (χ1) is 18.1. The van der Waals surface area contributed by atoms with Crippen molar-refractivity contribution in [1.82, 2.24) is 0 Å². The number of anilines is 2. The maximum absolute atomic E-state index is 13.3. The number of halogens is 2. The molecule has 3 aromatic carbocycles. The molecular weight excluding hydrogens is 612 g/mol. The number of ether oxygens (including phenoxy) is 2. The van der Waals surface area contributed by atoms with Gasteiger partial charge in [-0.2, -0.15) is 0 Å². The Morgan fingerprint density at radius 3 is 1.45 bits per heavy atom. The first-order valence-corrected chi connectivity index (χ1v) is 14.3. The first-order valence-electron chi connectivity index (χ1n) is 12.7. The third-order valence-corrected chi connectivity index (χ3v) is 6.69. The molecule has 0 radical (unpaired) electrons. The molecule has 0 atom stereocenters. The molecule has 3 aromatic rings. The van der Waals surface area contributed by atoms with E-state index in [0.717, 1.165) is 21.8 Å². The predicted molar refractivity (Wildman–Crippen MR) is 161 cm³/mol. The van der Waals surface area contributed by atoms with Gasteiger partial charge in [-0.25, -0.2) is 0 Å². The van der Waals surface area contributed by atoms with Crippen LogP contribution < -0.4 is 20.1 Å². The van der Waals surface area contributed by atoms with Crippen LogP contribution in [0.5, 0.6) is 11.5 Å². The van der Waals surface area contributed by atoms with Crippen LogP contribution in [0.2, 0.25) is 0 Å². The van der Waals surface area contributed by atoms with Gasteiger partial charge >= 0.3 is 0 Å². The fourth-order valence-corrected chi connectivity index (χ4v) is 4.22. The van der Waals surface area contributed by atoms with Crippen LogP contribution >= 0.6 is 31.9 Å². The van der Waals surface area contributed by atoms with E-state index >= 15 is 0 Å². The molecule has 6 nitrogen and oxygen atoms in total. The zero-order valence-electron chi connectivity index (χ0n) is 22.1. The molecule has 8 heteroatoms. The molecule has 38 heavy (non-hydrogen) atoms. The third-order valence-electron chi connectivity index (χ3n) is 5.70. The zero-order valence-corrected chi connectivity index (χ0v) is 25.3. The van der Waals surface area contributed by atoms with E-state index in [2.05, 4.69) is 70.2 Å². The van der Waals surface area contributed by atoms with E-state index < -0.39 is 0 Å². The number of amides is 2. The highest BCUT2D eigenvalue weighted by Crippen LogP contribution is 2.29. The van der Waals surface area contributed by atoms with Crippen molar-refractivity contribution in [3.8, 4) is 11.5 Å². The van der Waals surface area contributed by atoms with Crippen molar-refractivity contribution >= 4 is 55.0 Å². The van der Waals surface area contributed by atoms with Gasteiger partial charge in [0.05, 0.1) is 35.7 Å². The van der Waals surface area contributed by atoms with Gasteiger partial charge in [0.1, 0.15) is 11.5 Å². The number of hydrogen-bond acceptors (Lipinski definition) is 4. The van der Waals surface area contributed by atoms with Crippen LogP contribution in [0.3, 0.4) is 0 Å². The Morgan fingerprint density at radius 1 is 0.684 bits per heavy atom. The number of hydrogen-bond donors (Lipinski definition) is 2. The van der Waals surface area contributed by atoms with E-state index in [0.29, 0.717) is 59.1 Å². The van der Waals surface area contributed by atoms with Crippen LogP contribution in [0.4, 0.5) is 11.4 Å². The molecule has 0 aliphatic heterocycles. The largest absolute Gasteiger partial charge is 0.493 e. The summed E-state index contributed by atoms with van der Waals surface area (Å²) in [6, 6.07) is 17.8. The van der Waals surface area contributed by atoms with E-state index in [1.807, 2.05) is 12.1 Å². The molecule has 0 saturated heterocycles. The van der Waals surface area contributed by atoms with Crippen LogP contribution in [-0.2, 0) is 0 Å². The van der Waals surface area contributed by atoms with Gasteiger partial charge in [-0.15, -0.1) is 0 Å². The molecule has 0 spiro atoms. The van der Waals surface area contributed by atoms with E-state index in [4.69, 9.17) is 9.47 Å². The van der Waals surface area contributed by atoms with Gasteiger partial charge < -0.3 is 20.1 Å². The van der Waals surface area contributed by atoms with E-state index in [1.54, 1.807) is 48.5 Å². The molecule has 0 saturated carbocycles. The normalized spacial score (nSPS) is 10.9. The summed E-state index contributed by atoms with van der Waals surface area (Å²) >= 11 is 6.89. The Hall–Kier alpha value is -2.84. The quantitative estimate of drug-likeness (QED) is 0.207. The molecule has 0 aliphatic carbocycles. The van der Waals surface area contributed by atoms with Crippen LogP contribution in [0, 0.1) is 11.8 Å². The Balaban J connectivity index is 1.79. The average Bonchev–Trinajstić information content (AvgIpc) is 2.86. The Kier molecular flexibility index (Phi) is 11.2. The van der Waals surface area contributed by atoms with Crippen molar-refractivity contribution in [3.63, 3.8) is 0 Å². The minimum absolute atomic E-state index is 0.340. The van der Waals surface area contributed by atoms with Crippen molar-refractivity contribution in [2.24, 2.45) is 11.8 Å². The molecule has 202 valence electrons. The molecule has 0 aliphatic rings. The van der Waals surface area contributed by atoms with Crippen LogP contribution in [-0.4, -0.2) is 25.0 Å². The summed E-state index contributed by atoms with van der Waals surface area (Å²) in [5.41, 5.74) is 1.74. The fourth-order valence-electron chi connectivity index (χ4n) is 3.50. The first kappa shape index (κ1) is 29.7. The van der Waals surface area contributed by atoms with Gasteiger partial charge in [0.15, 0.2) is 0 Å². The number of carbonyl (C=O) groups excluding carboxylic acids is 2. The number of carbonyl (C=O) groups is 2. The summed E-state index contributed by atoms with van der Waals surface area (Å²) in [4.78, 5) is 26.6. The molecule has 0 bridgehead atoms. The molecule has 0 aromatic heterocycles. The zero-order chi connectivity index (χ0) is 27.7. The molecule has 3 rings (SSSR count). The molecule has 0 heterocycles. The van der Waals surface area contributed by atoms with E-state index in [9.17, 15) is 9.59 Å². The summed E-state index contributed by atoms with van der Waals surface area (Å²) in [7, 11) is 0. The van der Waals surface area contributed by atoms with Crippen molar-refractivity contribution in [2.45, 2.75) is 40.5 Å². The van der Waals surface area contributed by atoms with Gasteiger partial charge in [-0.3, -0.25) is 9.59 Å². The molecular formula is C30H34Br2N2O4. The van der Waals surface area contributed by atoms with E-state index in [1.165, 1.54) is 0 Å². The topological polar surface area (TPSA) is 76.7 Å². The van der Waals surface area contributed by atoms with Gasteiger partial charge in [0.2, 0.25) is 0 Å². The van der Waals surface area contributed by atoms with Crippen molar-refractivity contribution in [3.05, 3.63) is 80.7 Å². The standard InChI is InChI=1S/C30H34Br2N2O4/c1-19(2)13-15-37-27-11-9-21(31)17-23(27)29(35)33-25-7-5-6-8-26(25)34-30(36)24-18-22(32)10-12-28(24)38-16-14-20(3)4/h5-12,17-20H,13-16H2,1-4H3,(H,33,35)(H,34,36). The summed E-state index contributed by atoms with van der Waals surface area (Å²) in [6.07, 6.45) is 1.76. The maximum Gasteiger partial charge on any atom is 0.259 e. The highest BCUT2D eigenvalue weighted by molar-refractivity contribution is 9.10. The second kappa shape index (κ2) is 14.4. The van der Waals surface area contributed by atoms with Gasteiger partial charge in [0.25, 0.3) is 11.8 Å². The second-order valence-electron chi connectivity index (χ2n) is 9.80. The van der Waals surface area contributed by atoms with Gasteiger partial charge in [-0.1, -0.05) is 71.7 Å². The second-order valence-corrected chi connectivity index (χ2v) is 11.6. The summed E-state index contributed by atoms with van der Waals surface area (Å²) in [5.74, 6) is 1.31. The van der Waals surface area contributed by atoms with Crippen LogP contribution in [0.15, 0.2) is 69.6 Å². The van der Waals surface area contributed by atoms with Crippen LogP contribution in [0.25, 0.3) is 0 Å². The number of nitrogens with one attached hydrogen (secondary N) is 2. The minimum Gasteiger partial charge on any atom is -0.493 e. The average molecular weight is 646 g/mol. The molecule has 2 N–H and O–H groups in total. The highest BCUT2D eigenvalue weighted by Gasteiger charge is 2.18. The maximum atomic E-state index is 13.3. The van der Waals surface area contributed by atoms with Crippen molar-refractivity contribution < 1.29 is 19.1 Å². The predicted octanol–water partition coefficient (Wildman–Crippen LogP) is 8.57. The molecule has 0 unspecified atom stereocenters. The van der Waals surface area contributed by atoms with Crippen molar-refractivity contribution in [1.29, 1.82) is 0 Å². The Bertz CT molecular complexity index is 1160. The lowest BCUT2D eigenvalue weighted by Crippen LogP contribution is -2.18. The lowest BCUT2D eigenvalue weighted by Gasteiger charge is -2.16. The smallest absolute Gasteiger partial charge is 0.259 e. The highest BCUT2D eigenvalue weighted by atomic mass is 79.9. The van der Waals surface area contributed by atoms with Crippen molar-refractivity contribution in [2.75, 3.05) is 23.8 Å². The number of para-hydroxylation sites is 2. The van der Waals surface area contributed by atoms with Crippen LogP contribution in [0.1, 0.15) is 61.3 Å². The summed E-state index contributed by atoms with van der Waals surface area (Å²) in [6.45, 7) is 9.52. The van der Waals surface area contributed by atoms with E-state index in [-0.39, 0.29) is 11.8 Å². The number of benzene rings is 3. The molecule has 2 amide bonds. The number of rotatable bonds is 12. The summed E-state index contributed by atoms with van der Waals surface area (Å²) in [5, 5.41) is 5.86. The van der Waals surface area contributed by atoms with Gasteiger partial charge in [0, 0.05) is 8.95 Å². The lowest BCUT2D eigenvalue weighted by atomic mass is 10.1. The third kappa shape index (κ3) is 8.88. The monoisotopic (exact) mass is 644 g/mol. The summed E-state index contributed by atoms with van der Waals surface area (Å²) < 4.78 is 13.4. The Morgan fingerprint density at radius 2 is 1.08 bits per heavy atom. The Labute approximate surface area is 241 Å². The fraction of sp³-hybridized carbons (Fsp3) is 0.333. The molecule has 0 fully saturated rings.